The monoisotopic (exact) mass is 468 g/mol. The molecule has 1 aromatic heterocycles. The van der Waals surface area contributed by atoms with Gasteiger partial charge in [-0.15, -0.1) is 0 Å². The number of unbranched alkanes of at least 4 members (excludes halogenated alkanes) is 1. The predicted molar refractivity (Wildman–Crippen MR) is 123 cm³/mol. The van der Waals surface area contributed by atoms with Crippen LogP contribution in [-0.2, 0) is 26.1 Å². The second kappa shape index (κ2) is 10.8. The number of imidazole rings is 1. The standard InChI is InChI=1S/C21H32N4O4S2/c1-4-7-10-25-19-9-8-17(31(27,28)24(5-2)6-3)15-18(19)22-21(25)30-16-20(26)23-11-13-29-14-12-23/h8-9,15H,4-7,10-14,16H2,1-3H3. The molecule has 8 nitrogen and oxygen atoms in total. The van der Waals surface area contributed by atoms with Crippen molar-refractivity contribution in [1.82, 2.24) is 18.8 Å². The van der Waals surface area contributed by atoms with Gasteiger partial charge in [-0.1, -0.05) is 39.0 Å². The number of hydrogen-bond acceptors (Lipinski definition) is 6. The highest BCUT2D eigenvalue weighted by Gasteiger charge is 2.24. The molecule has 0 bridgehead atoms. The van der Waals surface area contributed by atoms with Crippen molar-refractivity contribution in [2.75, 3.05) is 45.1 Å². The number of thioether (sulfide) groups is 1. The van der Waals surface area contributed by atoms with Crippen molar-refractivity contribution in [3.63, 3.8) is 0 Å². The Balaban J connectivity index is 1.88. The van der Waals surface area contributed by atoms with E-state index in [0.717, 1.165) is 30.1 Å². The van der Waals surface area contributed by atoms with E-state index in [0.29, 0.717) is 50.7 Å². The van der Waals surface area contributed by atoms with Crippen LogP contribution in [0.3, 0.4) is 0 Å². The molecule has 1 aromatic carbocycles. The second-order valence-electron chi connectivity index (χ2n) is 7.42. The molecule has 0 radical (unpaired) electrons. The smallest absolute Gasteiger partial charge is 0.243 e. The van der Waals surface area contributed by atoms with Gasteiger partial charge >= 0.3 is 0 Å². The molecule has 0 atom stereocenters. The molecule has 2 aromatic rings. The third kappa shape index (κ3) is 5.42. The number of sulfonamides is 1. The van der Waals surface area contributed by atoms with Crippen LogP contribution in [0.4, 0.5) is 0 Å². The summed E-state index contributed by atoms with van der Waals surface area (Å²) >= 11 is 1.41. The van der Waals surface area contributed by atoms with Gasteiger partial charge in [0.15, 0.2) is 5.16 Å². The lowest BCUT2D eigenvalue weighted by Crippen LogP contribution is -2.41. The summed E-state index contributed by atoms with van der Waals surface area (Å²) in [5, 5.41) is 0.752. The number of amides is 1. The first-order valence-corrected chi connectivity index (χ1v) is 13.3. The minimum atomic E-state index is -3.55. The molecule has 0 spiro atoms. The minimum Gasteiger partial charge on any atom is -0.378 e. The zero-order valence-corrected chi connectivity index (χ0v) is 20.2. The molecule has 3 rings (SSSR count). The van der Waals surface area contributed by atoms with Crippen molar-refractivity contribution in [2.45, 2.75) is 50.2 Å². The molecule has 1 aliphatic heterocycles. The summed E-state index contributed by atoms with van der Waals surface area (Å²) in [4.78, 5) is 19.4. The van der Waals surface area contributed by atoms with Gasteiger partial charge in [-0.2, -0.15) is 4.31 Å². The molecule has 0 saturated carbocycles. The molecule has 31 heavy (non-hydrogen) atoms. The van der Waals surface area contributed by atoms with E-state index in [2.05, 4.69) is 11.5 Å². The number of hydrogen-bond donors (Lipinski definition) is 0. The highest BCUT2D eigenvalue weighted by atomic mass is 32.2. The number of morpholine rings is 1. The maximum absolute atomic E-state index is 12.9. The fourth-order valence-electron chi connectivity index (χ4n) is 3.63. The Hall–Kier alpha value is -1.62. The first kappa shape index (κ1) is 24.0. The Morgan fingerprint density at radius 1 is 1.19 bits per heavy atom. The molecule has 1 aliphatic rings. The van der Waals surface area contributed by atoms with Crippen molar-refractivity contribution in [1.29, 1.82) is 0 Å². The van der Waals surface area contributed by atoms with E-state index in [1.165, 1.54) is 16.1 Å². The maximum Gasteiger partial charge on any atom is 0.243 e. The normalized spacial score (nSPS) is 15.2. The highest BCUT2D eigenvalue weighted by Crippen LogP contribution is 2.28. The Kier molecular flexibility index (Phi) is 8.37. The van der Waals surface area contributed by atoms with E-state index in [9.17, 15) is 13.2 Å². The lowest BCUT2D eigenvalue weighted by molar-refractivity contribution is -0.132. The Morgan fingerprint density at radius 3 is 2.55 bits per heavy atom. The molecule has 1 amide bonds. The van der Waals surface area contributed by atoms with Crippen molar-refractivity contribution in [3.05, 3.63) is 18.2 Å². The number of benzene rings is 1. The van der Waals surface area contributed by atoms with Crippen LogP contribution in [0.5, 0.6) is 0 Å². The van der Waals surface area contributed by atoms with Crippen LogP contribution in [-0.4, -0.2) is 78.2 Å². The number of aryl methyl sites for hydroxylation is 1. The Morgan fingerprint density at radius 2 is 1.90 bits per heavy atom. The molecular weight excluding hydrogens is 436 g/mol. The topological polar surface area (TPSA) is 84.7 Å². The van der Waals surface area contributed by atoms with E-state index in [4.69, 9.17) is 9.72 Å². The summed E-state index contributed by atoms with van der Waals surface area (Å²) in [6.45, 7) is 9.82. The number of fused-ring (bicyclic) bond motifs is 1. The van der Waals surface area contributed by atoms with Crippen molar-refractivity contribution in [2.24, 2.45) is 0 Å². The lowest BCUT2D eigenvalue weighted by Gasteiger charge is -2.26. The first-order valence-electron chi connectivity index (χ1n) is 10.9. The average Bonchev–Trinajstić information content (AvgIpc) is 3.13. The van der Waals surface area contributed by atoms with Crippen LogP contribution in [0.25, 0.3) is 11.0 Å². The van der Waals surface area contributed by atoms with Crippen molar-refractivity contribution >= 4 is 38.7 Å². The number of nitrogens with zero attached hydrogens (tertiary/aromatic N) is 4. The predicted octanol–water partition coefficient (Wildman–Crippen LogP) is 2.82. The number of aromatic nitrogens is 2. The van der Waals surface area contributed by atoms with Gasteiger partial charge in [0, 0.05) is 32.7 Å². The van der Waals surface area contributed by atoms with Crippen molar-refractivity contribution in [3.8, 4) is 0 Å². The number of ether oxygens (including phenoxy) is 1. The summed E-state index contributed by atoms with van der Waals surface area (Å²) in [5.41, 5.74) is 1.54. The van der Waals surface area contributed by atoms with Crippen LogP contribution in [0.2, 0.25) is 0 Å². The van der Waals surface area contributed by atoms with Gasteiger partial charge in [0.25, 0.3) is 0 Å². The fourth-order valence-corrected chi connectivity index (χ4v) is 6.06. The van der Waals surface area contributed by atoms with Gasteiger partial charge in [-0.25, -0.2) is 13.4 Å². The quantitative estimate of drug-likeness (QED) is 0.499. The Labute approximate surface area is 189 Å². The maximum atomic E-state index is 12.9. The van der Waals surface area contributed by atoms with Crippen LogP contribution in [0.1, 0.15) is 33.6 Å². The molecule has 0 unspecified atom stereocenters. The van der Waals surface area contributed by atoms with E-state index in [1.807, 2.05) is 24.8 Å². The van der Waals surface area contributed by atoms with E-state index >= 15 is 0 Å². The number of carbonyl (C=O) groups excluding carboxylic acids is 1. The van der Waals surface area contributed by atoms with Gasteiger partial charge < -0.3 is 14.2 Å². The summed E-state index contributed by atoms with van der Waals surface area (Å²) in [5.74, 6) is 0.382. The minimum absolute atomic E-state index is 0.0761. The summed E-state index contributed by atoms with van der Waals surface area (Å²) < 4.78 is 34.7. The molecular formula is C21H32N4O4S2. The van der Waals surface area contributed by atoms with E-state index in [-0.39, 0.29) is 10.8 Å². The molecule has 172 valence electrons. The molecule has 1 fully saturated rings. The van der Waals surface area contributed by atoms with Crippen molar-refractivity contribution < 1.29 is 17.9 Å². The molecule has 0 aliphatic carbocycles. The molecule has 0 N–H and O–H groups in total. The average molecular weight is 469 g/mol. The zero-order chi connectivity index (χ0) is 22.4. The summed E-state index contributed by atoms with van der Waals surface area (Å²) in [6, 6.07) is 5.15. The lowest BCUT2D eigenvalue weighted by atomic mass is 10.3. The molecule has 10 heteroatoms. The van der Waals surface area contributed by atoms with Gasteiger partial charge in [0.2, 0.25) is 15.9 Å². The van der Waals surface area contributed by atoms with E-state index < -0.39 is 10.0 Å². The van der Waals surface area contributed by atoms with Gasteiger partial charge in [-0.3, -0.25) is 4.79 Å². The third-order valence-corrected chi connectivity index (χ3v) is 8.46. The summed E-state index contributed by atoms with van der Waals surface area (Å²) in [7, 11) is -3.55. The van der Waals surface area contributed by atoms with Crippen LogP contribution < -0.4 is 0 Å². The number of rotatable bonds is 10. The largest absolute Gasteiger partial charge is 0.378 e. The second-order valence-corrected chi connectivity index (χ2v) is 10.3. The highest BCUT2D eigenvalue weighted by molar-refractivity contribution is 7.99. The first-order chi connectivity index (χ1) is 14.9. The SMILES string of the molecule is CCCCn1c(SCC(=O)N2CCOCC2)nc2cc(S(=O)(=O)N(CC)CC)ccc21. The van der Waals surface area contributed by atoms with E-state index in [1.54, 1.807) is 12.1 Å². The third-order valence-electron chi connectivity index (χ3n) is 5.45. The van der Waals surface area contributed by atoms with Gasteiger partial charge in [-0.05, 0) is 24.6 Å². The molecule has 1 saturated heterocycles. The number of carbonyl (C=O) groups is 1. The van der Waals surface area contributed by atoms with Crippen LogP contribution in [0.15, 0.2) is 28.3 Å². The molecule has 2 heterocycles. The van der Waals surface area contributed by atoms with Gasteiger partial charge in [0.05, 0.1) is 34.9 Å². The van der Waals surface area contributed by atoms with Crippen LogP contribution >= 0.6 is 11.8 Å². The zero-order valence-electron chi connectivity index (χ0n) is 18.5. The van der Waals surface area contributed by atoms with Crippen LogP contribution in [0, 0.1) is 0 Å². The Bertz CT molecular complexity index is 996. The summed E-state index contributed by atoms with van der Waals surface area (Å²) in [6.07, 6.45) is 2.01. The van der Waals surface area contributed by atoms with Gasteiger partial charge in [0.1, 0.15) is 0 Å². The fraction of sp³-hybridized carbons (Fsp3) is 0.619.